The van der Waals surface area contributed by atoms with Gasteiger partial charge in [0.2, 0.25) is 0 Å². The molecule has 0 bridgehead atoms. The largest absolute Gasteiger partial charge is 0.370 e. The fourth-order valence-electron chi connectivity index (χ4n) is 2.04. The van der Waals surface area contributed by atoms with E-state index in [1.807, 2.05) is 6.20 Å². The highest BCUT2D eigenvalue weighted by atomic mass is 16.5. The molecule has 0 saturated carbocycles. The van der Waals surface area contributed by atoms with Crippen LogP contribution in [0.25, 0.3) is 0 Å². The van der Waals surface area contributed by atoms with Crippen molar-refractivity contribution in [2.24, 2.45) is 0 Å². The quantitative estimate of drug-likeness (QED) is 0.835. The molecule has 0 radical (unpaired) electrons. The Morgan fingerprint density at radius 1 is 1.16 bits per heavy atom. The maximum absolute atomic E-state index is 5.73. The molecule has 0 aromatic carbocycles. The highest BCUT2D eigenvalue weighted by Gasteiger charge is 2.15. The zero-order chi connectivity index (χ0) is 13.9. The van der Waals surface area contributed by atoms with Crippen LogP contribution in [0.15, 0.2) is 18.3 Å². The Morgan fingerprint density at radius 2 is 1.84 bits per heavy atom. The lowest BCUT2D eigenvalue weighted by atomic mass is 10.2. The van der Waals surface area contributed by atoms with Crippen molar-refractivity contribution in [2.45, 2.75) is 33.0 Å². The lowest BCUT2D eigenvalue weighted by Crippen LogP contribution is -2.44. The first-order chi connectivity index (χ1) is 8.94. The molecule has 1 aromatic rings. The summed E-state index contributed by atoms with van der Waals surface area (Å²) >= 11 is 0. The Labute approximate surface area is 116 Å². The molecule has 1 aliphatic heterocycles. The van der Waals surface area contributed by atoms with Gasteiger partial charge in [-0.05, 0) is 40.0 Å². The topological polar surface area (TPSA) is 28.6 Å². The summed E-state index contributed by atoms with van der Waals surface area (Å²) in [7, 11) is 2.17. The monoisotopic (exact) mass is 263 g/mol. The second-order valence-electron chi connectivity index (χ2n) is 6.20. The van der Waals surface area contributed by atoms with Gasteiger partial charge in [0, 0.05) is 26.2 Å². The van der Waals surface area contributed by atoms with Gasteiger partial charge < -0.3 is 14.5 Å². The van der Waals surface area contributed by atoms with Crippen LogP contribution in [0.2, 0.25) is 0 Å². The minimum Gasteiger partial charge on any atom is -0.370 e. The summed E-state index contributed by atoms with van der Waals surface area (Å²) in [4.78, 5) is 9.24. The maximum Gasteiger partial charge on any atom is 0.0894 e. The standard InChI is InChI=1S/C15H25N3O/c1-15(2,3)19-12-13-5-6-14(11-16-13)18-9-7-17(4)8-10-18/h5-6,11H,7-10,12H2,1-4H3. The summed E-state index contributed by atoms with van der Waals surface area (Å²) in [5.41, 5.74) is 2.10. The van der Waals surface area contributed by atoms with E-state index in [4.69, 9.17) is 4.74 Å². The Kier molecular flexibility index (Phi) is 4.42. The Morgan fingerprint density at radius 3 is 2.37 bits per heavy atom. The van der Waals surface area contributed by atoms with Crippen LogP contribution in [0.1, 0.15) is 26.5 Å². The average molecular weight is 263 g/mol. The summed E-state index contributed by atoms with van der Waals surface area (Å²) in [5, 5.41) is 0. The van der Waals surface area contributed by atoms with E-state index in [0.717, 1.165) is 31.9 Å². The first-order valence-corrected chi connectivity index (χ1v) is 6.96. The minimum absolute atomic E-state index is 0.113. The summed E-state index contributed by atoms with van der Waals surface area (Å²) in [6.45, 7) is 11.2. The van der Waals surface area contributed by atoms with Crippen LogP contribution in [0.5, 0.6) is 0 Å². The first kappa shape index (κ1) is 14.3. The molecule has 0 N–H and O–H groups in total. The van der Waals surface area contributed by atoms with E-state index < -0.39 is 0 Å². The van der Waals surface area contributed by atoms with Gasteiger partial charge in [0.15, 0.2) is 0 Å². The number of hydrogen-bond acceptors (Lipinski definition) is 4. The van der Waals surface area contributed by atoms with Crippen molar-refractivity contribution in [3.63, 3.8) is 0 Å². The maximum atomic E-state index is 5.73. The molecule has 4 nitrogen and oxygen atoms in total. The number of nitrogens with zero attached hydrogens (tertiary/aromatic N) is 3. The predicted octanol–water partition coefficient (Wildman–Crippen LogP) is 2.15. The van der Waals surface area contributed by atoms with Crippen molar-refractivity contribution in [2.75, 3.05) is 38.1 Å². The third kappa shape index (κ3) is 4.48. The van der Waals surface area contributed by atoms with E-state index in [-0.39, 0.29) is 5.60 Å². The van der Waals surface area contributed by atoms with Crippen LogP contribution in [0.3, 0.4) is 0 Å². The number of rotatable bonds is 3. The Balaban J connectivity index is 1.91. The molecule has 0 spiro atoms. The van der Waals surface area contributed by atoms with Crippen LogP contribution in [0, 0.1) is 0 Å². The van der Waals surface area contributed by atoms with Crippen LogP contribution in [-0.4, -0.2) is 48.7 Å². The van der Waals surface area contributed by atoms with Gasteiger partial charge in [0.25, 0.3) is 0 Å². The number of pyridine rings is 1. The summed E-state index contributed by atoms with van der Waals surface area (Å²) in [5.74, 6) is 0. The SMILES string of the molecule is CN1CCN(c2ccc(COC(C)(C)C)nc2)CC1. The van der Waals surface area contributed by atoms with Gasteiger partial charge in [-0.1, -0.05) is 0 Å². The van der Waals surface area contributed by atoms with Gasteiger partial charge in [-0.15, -0.1) is 0 Å². The first-order valence-electron chi connectivity index (χ1n) is 6.96. The zero-order valence-corrected chi connectivity index (χ0v) is 12.5. The molecule has 1 saturated heterocycles. The molecule has 1 aliphatic rings. The minimum atomic E-state index is -0.113. The normalized spacial score (nSPS) is 17.8. The van der Waals surface area contributed by atoms with Crippen LogP contribution in [0.4, 0.5) is 5.69 Å². The molecule has 2 rings (SSSR count). The summed E-state index contributed by atoms with van der Waals surface area (Å²) in [6.07, 6.45) is 1.96. The van der Waals surface area contributed by atoms with Gasteiger partial charge in [0.1, 0.15) is 0 Å². The summed E-state index contributed by atoms with van der Waals surface area (Å²) < 4.78 is 5.73. The van der Waals surface area contributed by atoms with Gasteiger partial charge in [-0.2, -0.15) is 0 Å². The second-order valence-corrected chi connectivity index (χ2v) is 6.20. The van der Waals surface area contributed by atoms with E-state index in [0.29, 0.717) is 6.61 Å². The van der Waals surface area contributed by atoms with Gasteiger partial charge in [-0.3, -0.25) is 4.98 Å². The van der Waals surface area contributed by atoms with Crippen molar-refractivity contribution in [1.29, 1.82) is 0 Å². The fourth-order valence-corrected chi connectivity index (χ4v) is 2.04. The number of aromatic nitrogens is 1. The van der Waals surface area contributed by atoms with Gasteiger partial charge >= 0.3 is 0 Å². The van der Waals surface area contributed by atoms with Crippen molar-refractivity contribution < 1.29 is 4.74 Å². The van der Waals surface area contributed by atoms with E-state index in [9.17, 15) is 0 Å². The van der Waals surface area contributed by atoms with Gasteiger partial charge in [-0.25, -0.2) is 0 Å². The van der Waals surface area contributed by atoms with Crippen molar-refractivity contribution in [3.05, 3.63) is 24.0 Å². The number of hydrogen-bond donors (Lipinski definition) is 0. The molecule has 0 unspecified atom stereocenters. The summed E-state index contributed by atoms with van der Waals surface area (Å²) in [6, 6.07) is 4.22. The second kappa shape index (κ2) is 5.88. The Bertz CT molecular complexity index is 389. The Hall–Kier alpha value is -1.13. The van der Waals surface area contributed by atoms with Crippen molar-refractivity contribution in [1.82, 2.24) is 9.88 Å². The number of likely N-dealkylation sites (N-methyl/N-ethyl adjacent to an activating group) is 1. The lowest BCUT2D eigenvalue weighted by Gasteiger charge is -2.33. The zero-order valence-electron chi connectivity index (χ0n) is 12.5. The predicted molar refractivity (Wildman–Crippen MR) is 78.5 cm³/mol. The van der Waals surface area contributed by atoms with Crippen molar-refractivity contribution >= 4 is 5.69 Å². The molecule has 1 fully saturated rings. The molecule has 0 aliphatic carbocycles. The average Bonchev–Trinajstić information content (AvgIpc) is 2.37. The highest BCUT2D eigenvalue weighted by molar-refractivity contribution is 5.45. The smallest absolute Gasteiger partial charge is 0.0894 e. The van der Waals surface area contributed by atoms with Crippen LogP contribution >= 0.6 is 0 Å². The van der Waals surface area contributed by atoms with Crippen LogP contribution in [-0.2, 0) is 11.3 Å². The lowest BCUT2D eigenvalue weighted by molar-refractivity contribution is -0.0164. The fraction of sp³-hybridized carbons (Fsp3) is 0.667. The molecule has 106 valence electrons. The van der Waals surface area contributed by atoms with Gasteiger partial charge in [0.05, 0.1) is 29.8 Å². The van der Waals surface area contributed by atoms with Crippen molar-refractivity contribution in [3.8, 4) is 0 Å². The van der Waals surface area contributed by atoms with E-state index >= 15 is 0 Å². The third-order valence-electron chi connectivity index (χ3n) is 3.33. The molecule has 0 amide bonds. The molecule has 2 heterocycles. The van der Waals surface area contributed by atoms with E-state index in [2.05, 4.69) is 54.7 Å². The van der Waals surface area contributed by atoms with E-state index in [1.54, 1.807) is 0 Å². The number of piperazine rings is 1. The number of anilines is 1. The molecule has 19 heavy (non-hydrogen) atoms. The molecule has 0 atom stereocenters. The van der Waals surface area contributed by atoms with E-state index in [1.165, 1.54) is 5.69 Å². The molecular formula is C15H25N3O. The molecule has 4 heteroatoms. The number of ether oxygens (including phenoxy) is 1. The van der Waals surface area contributed by atoms with Crippen LogP contribution < -0.4 is 4.90 Å². The third-order valence-corrected chi connectivity index (χ3v) is 3.33. The molecular weight excluding hydrogens is 238 g/mol. The highest BCUT2D eigenvalue weighted by Crippen LogP contribution is 2.16. The molecule has 1 aromatic heterocycles.